The molecule has 81 heavy (non-hydrogen) atoms. The molecule has 3 N–H and O–H groups in total. The van der Waals surface area contributed by atoms with Gasteiger partial charge >= 0.3 is 11.9 Å². The van der Waals surface area contributed by atoms with Crippen LogP contribution in [0.2, 0.25) is 0 Å². The van der Waals surface area contributed by atoms with Crippen molar-refractivity contribution in [2.75, 3.05) is 39.5 Å². The number of halogens is 3. The van der Waals surface area contributed by atoms with Crippen LogP contribution in [-0.2, 0) is 32.2 Å². The number of fused-ring (bicyclic) bond motifs is 2. The Labute approximate surface area is 474 Å². The van der Waals surface area contributed by atoms with Gasteiger partial charge in [0.15, 0.2) is 17.1 Å². The lowest BCUT2D eigenvalue weighted by atomic mass is 10.1. The number of carbonyl (C=O) groups excluding carboxylic acids is 2. The Morgan fingerprint density at radius 1 is 0.568 bits per heavy atom. The van der Waals surface area contributed by atoms with Gasteiger partial charge in [0.25, 0.3) is 0 Å². The summed E-state index contributed by atoms with van der Waals surface area (Å²) in [5.74, 6) is 0.886. The number of nitrogens with zero attached hydrogens (tertiary/aromatic N) is 6. The molecule has 4 aromatic heterocycles. The summed E-state index contributed by atoms with van der Waals surface area (Å²) < 4.78 is 62.9. The molecule has 412 valence electrons. The van der Waals surface area contributed by atoms with Gasteiger partial charge in [-0.15, -0.1) is 0 Å². The van der Waals surface area contributed by atoms with E-state index in [1.807, 2.05) is 128 Å². The van der Waals surface area contributed by atoms with Crippen LogP contribution in [0, 0.1) is 13.8 Å². The molecule has 0 fully saturated rings. The van der Waals surface area contributed by atoms with Crippen molar-refractivity contribution in [3.05, 3.63) is 220 Å². The molecule has 0 spiro atoms. The molecule has 0 aliphatic heterocycles. The summed E-state index contributed by atoms with van der Waals surface area (Å²) in [7, 11) is 5.54. The third kappa shape index (κ3) is 15.2. The van der Waals surface area contributed by atoms with Crippen molar-refractivity contribution >= 4 is 79.3 Å². The molecule has 4 heterocycles. The smallest absolute Gasteiger partial charge is 0.366 e. The highest BCUT2D eigenvalue weighted by molar-refractivity contribution is 9.10. The Hall–Kier alpha value is -9.88. The molecule has 0 unspecified atom stereocenters. The summed E-state index contributed by atoms with van der Waals surface area (Å²) in [5.41, 5.74) is 13.4. The first-order valence-corrected chi connectivity index (χ1v) is 25.7. The zero-order valence-corrected chi connectivity index (χ0v) is 46.5. The fourth-order valence-corrected chi connectivity index (χ4v) is 8.51. The van der Waals surface area contributed by atoms with E-state index in [0.717, 1.165) is 77.1 Å². The third-order valence-electron chi connectivity index (χ3n) is 12.0. The largest absolute Gasteiger partial charge is 0.497 e. The average Bonchev–Trinajstić information content (AvgIpc) is 4.16. The predicted octanol–water partition coefficient (Wildman–Crippen LogP) is 13.9. The van der Waals surface area contributed by atoms with Gasteiger partial charge in [-0.2, -0.15) is 19.0 Å². The Bertz CT molecular complexity index is 3850. The number of methoxy groups -OCH3 is 4. The van der Waals surface area contributed by atoms with Crippen LogP contribution in [0.4, 0.5) is 26.0 Å². The zero-order chi connectivity index (χ0) is 57.4. The van der Waals surface area contributed by atoms with Gasteiger partial charge in [0.2, 0.25) is 11.7 Å². The topological polar surface area (TPSA) is 189 Å². The Kier molecular flexibility index (Phi) is 19.2. The van der Waals surface area contributed by atoms with Crippen molar-refractivity contribution in [3.8, 4) is 34.5 Å². The quantitative estimate of drug-likeness (QED) is 0.0528. The number of anilines is 3. The lowest BCUT2D eigenvalue weighted by Crippen LogP contribution is -2.03. The summed E-state index contributed by atoms with van der Waals surface area (Å²) in [6.45, 7) is 5.12. The molecule has 0 radical (unpaired) electrons. The minimum atomic E-state index is -1.04. The van der Waals surface area contributed by atoms with Crippen LogP contribution in [0.3, 0.4) is 0 Å². The number of hydrogen-bond donors (Lipinski definition) is 2. The van der Waals surface area contributed by atoms with E-state index in [1.54, 1.807) is 79.8 Å². The first-order valence-electron chi connectivity index (χ1n) is 25.0. The maximum absolute atomic E-state index is 14.1. The monoisotopic (exact) mass is 1160 g/mol. The van der Waals surface area contributed by atoms with Gasteiger partial charge < -0.3 is 39.5 Å². The first-order chi connectivity index (χ1) is 39.2. The van der Waals surface area contributed by atoms with E-state index in [2.05, 4.69) is 45.8 Å². The van der Waals surface area contributed by atoms with Crippen LogP contribution in [0.15, 0.2) is 186 Å². The molecule has 16 nitrogen and oxygen atoms in total. The summed E-state index contributed by atoms with van der Waals surface area (Å²) in [6.07, 6.45) is 5.61. The summed E-state index contributed by atoms with van der Waals surface area (Å²) >= 11 is 3.56. The van der Waals surface area contributed by atoms with Gasteiger partial charge in [-0.25, -0.2) is 28.9 Å². The molecule has 0 atom stereocenters. The normalized spacial score (nSPS) is 11.2. The van der Waals surface area contributed by atoms with Crippen molar-refractivity contribution in [1.29, 1.82) is 0 Å². The summed E-state index contributed by atoms with van der Waals surface area (Å²) in [4.78, 5) is 31.4. The number of nitrogen functional groups attached to an aromatic ring is 1. The highest BCUT2D eigenvalue weighted by atomic mass is 79.9. The van der Waals surface area contributed by atoms with Gasteiger partial charge in [0.05, 0.1) is 46.9 Å². The highest BCUT2D eigenvalue weighted by Gasteiger charge is 2.20. The number of rotatable bonds is 16. The minimum absolute atomic E-state index is 0.455. The van der Waals surface area contributed by atoms with Crippen molar-refractivity contribution in [2.24, 2.45) is 0 Å². The molecule has 10 aromatic rings. The number of benzene rings is 6. The van der Waals surface area contributed by atoms with Crippen molar-refractivity contribution < 1.29 is 46.8 Å². The van der Waals surface area contributed by atoms with E-state index in [4.69, 9.17) is 29.8 Å². The van der Waals surface area contributed by atoms with Crippen LogP contribution >= 0.6 is 15.9 Å². The van der Waals surface area contributed by atoms with E-state index in [0.29, 0.717) is 68.5 Å². The SMILES string of the molecule is COC(=O)/C(F)=C/c1cccc(N)c1.COC(=O)/C(F)=C/c1cccc(Nc2nn(Cc3ccc(OC)cc3)c3nccc(Oc4ccc(C)cc4)c23)c1.COc1ccc(Cn2nc(Br)c3c(Oc4ccc(C)cc4)ccnc32)cc1. The first kappa shape index (κ1) is 57.3. The van der Waals surface area contributed by atoms with E-state index < -0.39 is 23.6 Å². The number of aromatic nitrogens is 6. The molecular formula is C62H55BrF2N8O8. The maximum atomic E-state index is 14.1. The third-order valence-corrected chi connectivity index (χ3v) is 12.6. The number of hydrogen-bond acceptors (Lipinski definition) is 14. The van der Waals surface area contributed by atoms with Crippen molar-refractivity contribution in [1.82, 2.24) is 29.5 Å². The van der Waals surface area contributed by atoms with Gasteiger partial charge in [-0.3, -0.25) is 0 Å². The maximum Gasteiger partial charge on any atom is 0.366 e. The second-order valence-electron chi connectivity index (χ2n) is 17.9. The molecule has 0 aliphatic rings. The Morgan fingerprint density at radius 3 is 1.49 bits per heavy atom. The molecule has 0 bridgehead atoms. The number of nitrogens with two attached hydrogens (primary N) is 1. The Balaban J connectivity index is 0.000000180. The molecule has 0 saturated carbocycles. The van der Waals surface area contributed by atoms with Crippen LogP contribution in [-0.4, -0.2) is 69.9 Å². The molecule has 19 heteroatoms. The number of pyridine rings is 2. The average molecular weight is 1160 g/mol. The number of nitrogens with one attached hydrogen (secondary N) is 1. The molecule has 0 aliphatic carbocycles. The van der Waals surface area contributed by atoms with E-state index in [1.165, 1.54) is 5.56 Å². The highest BCUT2D eigenvalue weighted by Crippen LogP contribution is 2.37. The fraction of sp³-hybridized carbons (Fsp3) is 0.129. The standard InChI is InChI=1S/C31H27FN4O4.C21H18BrN3O2.C10H10FNO2/c1-20-7-11-25(12-8-20)40-27-15-16-33-30-28(27)29(35-36(30)19-21-9-13-24(38-2)14-10-21)34-23-6-4-5-22(17-23)18-26(32)31(37)39-3;1-14-3-7-17(8-4-14)27-18-11-12-23-21-19(18)20(22)24-25(21)13-15-5-9-16(26-2)10-6-15;1-14-10(13)9(11)6-7-3-2-4-8(12)5-7/h4-18H,19H2,1-3H3,(H,34,35);3-12H,13H2,1-2H3;2-6H,12H2,1H3/b26-18-;;9-6-. The molecule has 6 aromatic carbocycles. The van der Waals surface area contributed by atoms with Crippen molar-refractivity contribution in [3.63, 3.8) is 0 Å². The van der Waals surface area contributed by atoms with Crippen LogP contribution in [0.5, 0.6) is 34.5 Å². The van der Waals surface area contributed by atoms with Gasteiger partial charge in [0.1, 0.15) is 44.5 Å². The van der Waals surface area contributed by atoms with E-state index in [-0.39, 0.29) is 0 Å². The number of carbonyl (C=O) groups is 2. The zero-order valence-electron chi connectivity index (χ0n) is 44.9. The predicted molar refractivity (Wildman–Crippen MR) is 312 cm³/mol. The van der Waals surface area contributed by atoms with E-state index >= 15 is 0 Å². The van der Waals surface area contributed by atoms with E-state index in [9.17, 15) is 18.4 Å². The molecular weight excluding hydrogens is 1100 g/mol. The summed E-state index contributed by atoms with van der Waals surface area (Å²) in [5, 5.41) is 14.3. The van der Waals surface area contributed by atoms with Gasteiger partial charge in [0, 0.05) is 35.9 Å². The van der Waals surface area contributed by atoms with Crippen molar-refractivity contribution in [2.45, 2.75) is 26.9 Å². The molecule has 0 saturated heterocycles. The van der Waals surface area contributed by atoms with Crippen LogP contribution in [0.1, 0.15) is 33.4 Å². The second kappa shape index (κ2) is 27.1. The molecule has 0 amide bonds. The van der Waals surface area contributed by atoms with Gasteiger partial charge in [-0.1, -0.05) is 83.9 Å². The lowest BCUT2D eigenvalue weighted by molar-refractivity contribution is -0.138. The number of esters is 2. The summed E-state index contributed by atoms with van der Waals surface area (Å²) in [6, 6.07) is 48.5. The second-order valence-corrected chi connectivity index (χ2v) is 18.6. The molecule has 10 rings (SSSR count). The number of ether oxygens (including phenoxy) is 6. The fourth-order valence-electron chi connectivity index (χ4n) is 7.95. The lowest BCUT2D eigenvalue weighted by Gasteiger charge is -2.09. The number of aryl methyl sites for hydroxylation is 2. The Morgan fingerprint density at radius 2 is 1.01 bits per heavy atom. The van der Waals surface area contributed by atoms with Crippen LogP contribution < -0.4 is 30.0 Å². The van der Waals surface area contributed by atoms with Gasteiger partial charge in [-0.05, 0) is 137 Å². The van der Waals surface area contributed by atoms with Crippen LogP contribution in [0.25, 0.3) is 34.2 Å². The minimum Gasteiger partial charge on any atom is -0.497 e.